The first-order valence-electron chi connectivity index (χ1n) is 8.84. The quantitative estimate of drug-likeness (QED) is 0.364. The van der Waals surface area contributed by atoms with Crippen LogP contribution in [0.5, 0.6) is 0 Å². The lowest BCUT2D eigenvalue weighted by Crippen LogP contribution is -2.23. The second-order valence-electron chi connectivity index (χ2n) is 7.32. The Morgan fingerprint density at radius 1 is 1.09 bits per heavy atom. The van der Waals surface area contributed by atoms with E-state index >= 15 is 0 Å². The van der Waals surface area contributed by atoms with E-state index in [1.807, 2.05) is 0 Å². The van der Waals surface area contributed by atoms with Crippen molar-refractivity contribution in [1.29, 1.82) is 0 Å². The zero-order valence-electron chi connectivity index (χ0n) is 14.6. The van der Waals surface area contributed by atoms with Crippen molar-refractivity contribution in [2.45, 2.75) is 83.7 Å². The average Bonchev–Trinajstić information content (AvgIpc) is 3.25. The highest BCUT2D eigenvalue weighted by atomic mass is 16.5. The van der Waals surface area contributed by atoms with Crippen LogP contribution in [0.2, 0.25) is 0 Å². The van der Waals surface area contributed by atoms with Crippen LogP contribution >= 0.6 is 0 Å². The van der Waals surface area contributed by atoms with Crippen LogP contribution in [0.1, 0.15) is 78.1 Å². The summed E-state index contributed by atoms with van der Waals surface area (Å²) < 4.78 is 10.7. The number of hydrogen-bond acceptors (Lipinski definition) is 4. The van der Waals surface area contributed by atoms with Gasteiger partial charge in [-0.05, 0) is 58.8 Å². The predicted molar refractivity (Wildman–Crippen MR) is 88.3 cm³/mol. The Kier molecular flexibility index (Phi) is 8.59. The second kappa shape index (κ2) is 9.91. The first-order chi connectivity index (χ1) is 10.9. The highest BCUT2D eigenvalue weighted by Gasteiger charge is 2.44. The summed E-state index contributed by atoms with van der Waals surface area (Å²) in [6.45, 7) is 5.66. The standard InChI is InChI=1S/C18H32O5/c1-17(2,16(20)21)9-5-3-7-13-22-14-8-4-6-10-18(11-12-18)23-15-19/h15H,3-14H2,1-2H3,(H,20,21). The van der Waals surface area contributed by atoms with E-state index in [2.05, 4.69) is 0 Å². The Hall–Kier alpha value is -1.10. The fourth-order valence-electron chi connectivity index (χ4n) is 2.65. The minimum Gasteiger partial charge on any atom is -0.481 e. The summed E-state index contributed by atoms with van der Waals surface area (Å²) in [5.41, 5.74) is -0.736. The van der Waals surface area contributed by atoms with Gasteiger partial charge in [-0.15, -0.1) is 0 Å². The number of aliphatic carboxylic acids is 1. The van der Waals surface area contributed by atoms with Gasteiger partial charge in [0.2, 0.25) is 0 Å². The summed E-state index contributed by atoms with van der Waals surface area (Å²) in [6.07, 6.45) is 9.90. The first-order valence-corrected chi connectivity index (χ1v) is 8.84. The molecule has 0 unspecified atom stereocenters. The van der Waals surface area contributed by atoms with Crippen LogP contribution in [0.25, 0.3) is 0 Å². The third kappa shape index (κ3) is 8.35. The van der Waals surface area contributed by atoms with E-state index < -0.39 is 11.4 Å². The van der Waals surface area contributed by atoms with Gasteiger partial charge >= 0.3 is 5.97 Å². The minimum atomic E-state index is -0.722. The number of rotatable bonds is 15. The lowest BCUT2D eigenvalue weighted by atomic mass is 9.87. The number of hydrogen-bond donors (Lipinski definition) is 1. The normalized spacial score (nSPS) is 16.1. The third-order valence-electron chi connectivity index (χ3n) is 4.70. The zero-order valence-corrected chi connectivity index (χ0v) is 14.6. The molecule has 0 aromatic heterocycles. The van der Waals surface area contributed by atoms with E-state index in [1.165, 1.54) is 0 Å². The van der Waals surface area contributed by atoms with E-state index in [1.54, 1.807) is 13.8 Å². The molecule has 0 atom stereocenters. The van der Waals surface area contributed by atoms with Gasteiger partial charge in [-0.3, -0.25) is 9.59 Å². The monoisotopic (exact) mass is 328 g/mol. The summed E-state index contributed by atoms with van der Waals surface area (Å²) >= 11 is 0. The topological polar surface area (TPSA) is 72.8 Å². The first kappa shape index (κ1) is 19.9. The molecule has 134 valence electrons. The molecule has 1 saturated carbocycles. The smallest absolute Gasteiger partial charge is 0.309 e. The average molecular weight is 328 g/mol. The number of carbonyl (C=O) groups is 2. The largest absolute Gasteiger partial charge is 0.481 e. The van der Waals surface area contributed by atoms with Crippen molar-refractivity contribution in [3.63, 3.8) is 0 Å². The summed E-state index contributed by atoms with van der Waals surface area (Å²) in [5, 5.41) is 9.02. The molecule has 0 radical (unpaired) electrons. The SMILES string of the molecule is CC(C)(CCCCCOCCCCCC1(OC=O)CC1)C(=O)O. The van der Waals surface area contributed by atoms with Crippen LogP contribution in [0.4, 0.5) is 0 Å². The van der Waals surface area contributed by atoms with Crippen molar-refractivity contribution in [2.24, 2.45) is 5.41 Å². The van der Waals surface area contributed by atoms with Gasteiger partial charge in [0.05, 0.1) is 5.41 Å². The van der Waals surface area contributed by atoms with Crippen molar-refractivity contribution >= 4 is 12.4 Å². The van der Waals surface area contributed by atoms with Crippen LogP contribution in [0, 0.1) is 5.41 Å². The van der Waals surface area contributed by atoms with Crippen LogP contribution in [-0.2, 0) is 19.1 Å². The van der Waals surface area contributed by atoms with Crippen molar-refractivity contribution in [3.05, 3.63) is 0 Å². The maximum Gasteiger partial charge on any atom is 0.309 e. The van der Waals surface area contributed by atoms with Crippen LogP contribution in [0.3, 0.4) is 0 Å². The Morgan fingerprint density at radius 2 is 1.70 bits per heavy atom. The van der Waals surface area contributed by atoms with Crippen LogP contribution in [0.15, 0.2) is 0 Å². The van der Waals surface area contributed by atoms with Gasteiger partial charge < -0.3 is 14.6 Å². The van der Waals surface area contributed by atoms with Crippen molar-refractivity contribution in [3.8, 4) is 0 Å². The molecular weight excluding hydrogens is 296 g/mol. The van der Waals surface area contributed by atoms with Crippen molar-refractivity contribution < 1.29 is 24.2 Å². The molecule has 1 aliphatic carbocycles. The van der Waals surface area contributed by atoms with E-state index in [-0.39, 0.29) is 5.60 Å². The van der Waals surface area contributed by atoms with Crippen molar-refractivity contribution in [2.75, 3.05) is 13.2 Å². The number of carbonyl (C=O) groups excluding carboxylic acids is 1. The fraction of sp³-hybridized carbons (Fsp3) is 0.889. The van der Waals surface area contributed by atoms with Gasteiger partial charge in [-0.1, -0.05) is 19.3 Å². The van der Waals surface area contributed by atoms with Crippen molar-refractivity contribution in [1.82, 2.24) is 0 Å². The van der Waals surface area contributed by atoms with E-state index in [0.29, 0.717) is 12.9 Å². The number of carboxylic acid groups (broad SMARTS) is 1. The molecule has 5 heteroatoms. The molecule has 0 aliphatic heterocycles. The molecule has 0 aromatic carbocycles. The Morgan fingerprint density at radius 3 is 2.22 bits per heavy atom. The van der Waals surface area contributed by atoms with Gasteiger partial charge in [0, 0.05) is 13.2 Å². The van der Waals surface area contributed by atoms with Crippen LogP contribution < -0.4 is 0 Å². The van der Waals surface area contributed by atoms with E-state index in [9.17, 15) is 9.59 Å². The van der Waals surface area contributed by atoms with Crippen LogP contribution in [-0.4, -0.2) is 36.4 Å². The molecule has 0 spiro atoms. The summed E-state index contributed by atoms with van der Waals surface area (Å²) in [5.74, 6) is -0.722. The number of ether oxygens (including phenoxy) is 2. The summed E-state index contributed by atoms with van der Waals surface area (Å²) in [6, 6.07) is 0. The molecule has 0 saturated heterocycles. The predicted octanol–water partition coefficient (Wildman–Crippen LogP) is 3.94. The Balaban J connectivity index is 1.83. The second-order valence-corrected chi connectivity index (χ2v) is 7.32. The molecule has 0 heterocycles. The Labute approximate surface area is 139 Å². The fourth-order valence-corrected chi connectivity index (χ4v) is 2.65. The molecule has 0 bridgehead atoms. The lowest BCUT2D eigenvalue weighted by Gasteiger charge is -2.18. The lowest BCUT2D eigenvalue weighted by molar-refractivity contribution is -0.147. The molecule has 23 heavy (non-hydrogen) atoms. The van der Waals surface area contributed by atoms with E-state index in [4.69, 9.17) is 14.6 Å². The van der Waals surface area contributed by atoms with Gasteiger partial charge in [-0.2, -0.15) is 0 Å². The highest BCUT2D eigenvalue weighted by Crippen LogP contribution is 2.43. The number of unbranched alkanes of at least 4 members (excludes halogenated alkanes) is 4. The maximum atomic E-state index is 11.0. The number of carboxylic acids is 1. The zero-order chi connectivity index (χ0) is 17.2. The van der Waals surface area contributed by atoms with Gasteiger partial charge in [0.1, 0.15) is 5.60 Å². The van der Waals surface area contributed by atoms with E-state index in [0.717, 1.165) is 71.0 Å². The molecule has 5 nitrogen and oxygen atoms in total. The molecule has 0 amide bonds. The third-order valence-corrected chi connectivity index (χ3v) is 4.70. The van der Waals surface area contributed by atoms with Gasteiger partial charge in [0.25, 0.3) is 6.47 Å². The molecule has 0 aromatic rings. The molecule has 1 N–H and O–H groups in total. The molecular formula is C18H32O5. The molecule has 1 aliphatic rings. The molecule has 1 rings (SSSR count). The summed E-state index contributed by atoms with van der Waals surface area (Å²) in [7, 11) is 0. The highest BCUT2D eigenvalue weighted by molar-refractivity contribution is 5.73. The molecule has 1 fully saturated rings. The van der Waals surface area contributed by atoms with Gasteiger partial charge in [0.15, 0.2) is 0 Å². The Bertz CT molecular complexity index is 360. The summed E-state index contributed by atoms with van der Waals surface area (Å²) in [4.78, 5) is 21.3. The van der Waals surface area contributed by atoms with Gasteiger partial charge in [-0.25, -0.2) is 0 Å². The maximum absolute atomic E-state index is 11.0. The minimum absolute atomic E-state index is 0.119.